The fourth-order valence-corrected chi connectivity index (χ4v) is 3.48. The van der Waals surface area contributed by atoms with E-state index in [9.17, 15) is 43.9 Å². The molecule has 1 unspecified atom stereocenters. The first-order valence-corrected chi connectivity index (χ1v) is 9.56. The summed E-state index contributed by atoms with van der Waals surface area (Å²) >= 11 is 0. The molecule has 0 heterocycles. The second-order valence-electron chi connectivity index (χ2n) is 7.38. The molecule has 0 nitrogen and oxygen atoms in total. The topological polar surface area (TPSA) is 0 Å². The molecule has 0 aromatic heterocycles. The van der Waals surface area contributed by atoms with Gasteiger partial charge >= 0.3 is 0 Å². The standard InChI is InChI=1S/C22H13BF10/c1-3-8(2)9-4-6-10(7-5-9)23(11-13(24)17(28)21(32)18(29)14(11)25)12-15(26)19(30)22(33)20(31)16(12)27/h4-8H,3H2,1-2H3. The Morgan fingerprint density at radius 2 is 0.848 bits per heavy atom. The fraction of sp³-hybridized carbons (Fsp3) is 0.182. The first-order valence-electron chi connectivity index (χ1n) is 9.56. The van der Waals surface area contributed by atoms with Gasteiger partial charge < -0.3 is 0 Å². The van der Waals surface area contributed by atoms with Crippen LogP contribution in [0.2, 0.25) is 0 Å². The Bertz CT molecular complexity index is 1100. The minimum atomic E-state index is -2.55. The van der Waals surface area contributed by atoms with Crippen molar-refractivity contribution in [2.45, 2.75) is 26.2 Å². The molecule has 174 valence electrons. The smallest absolute Gasteiger partial charge is 0.204 e. The first-order chi connectivity index (χ1) is 15.4. The molecule has 0 amide bonds. The summed E-state index contributed by atoms with van der Waals surface area (Å²) in [5, 5.41) is 0. The average molecular weight is 478 g/mol. The highest BCUT2D eigenvalue weighted by atomic mass is 19.2. The van der Waals surface area contributed by atoms with Gasteiger partial charge in [-0.15, -0.1) is 0 Å². The summed E-state index contributed by atoms with van der Waals surface area (Å²) in [6.45, 7) is 1.09. The molecule has 11 heteroatoms. The minimum absolute atomic E-state index is 0.0409. The third-order valence-electron chi connectivity index (χ3n) is 5.52. The number of rotatable bonds is 5. The summed E-state index contributed by atoms with van der Waals surface area (Å²) in [6, 6.07) is 4.83. The van der Waals surface area contributed by atoms with Crippen molar-refractivity contribution in [3.63, 3.8) is 0 Å². The third-order valence-corrected chi connectivity index (χ3v) is 5.52. The van der Waals surface area contributed by atoms with Crippen LogP contribution in [-0.4, -0.2) is 6.71 Å². The van der Waals surface area contributed by atoms with E-state index in [0.717, 1.165) is 12.1 Å². The second-order valence-corrected chi connectivity index (χ2v) is 7.38. The molecule has 0 saturated carbocycles. The van der Waals surface area contributed by atoms with Crippen molar-refractivity contribution in [2.75, 3.05) is 0 Å². The van der Waals surface area contributed by atoms with Crippen molar-refractivity contribution >= 4 is 23.1 Å². The molecule has 0 saturated heterocycles. The second kappa shape index (κ2) is 9.11. The van der Waals surface area contributed by atoms with Crippen LogP contribution in [0.15, 0.2) is 24.3 Å². The lowest BCUT2D eigenvalue weighted by atomic mass is 9.36. The van der Waals surface area contributed by atoms with E-state index in [0.29, 0.717) is 12.0 Å². The van der Waals surface area contributed by atoms with Crippen molar-refractivity contribution in [3.05, 3.63) is 88.0 Å². The van der Waals surface area contributed by atoms with E-state index < -0.39 is 81.3 Å². The SMILES string of the molecule is CCC(C)c1ccc(B(c2c(F)c(F)c(F)c(F)c2F)c2c(F)c(F)c(F)c(F)c2F)cc1. The maximum absolute atomic E-state index is 14.6. The van der Waals surface area contributed by atoms with Crippen LogP contribution in [0.25, 0.3) is 0 Å². The summed E-state index contributed by atoms with van der Waals surface area (Å²) < 4.78 is 141. The molecule has 3 rings (SSSR count). The Morgan fingerprint density at radius 1 is 0.545 bits per heavy atom. The Kier molecular flexibility index (Phi) is 6.81. The van der Waals surface area contributed by atoms with Gasteiger partial charge in [-0.2, -0.15) is 0 Å². The number of halogens is 10. The Labute approximate surface area is 181 Å². The molecule has 0 aliphatic carbocycles. The van der Waals surface area contributed by atoms with Gasteiger partial charge in [0.05, 0.1) is 0 Å². The van der Waals surface area contributed by atoms with Crippen LogP contribution < -0.4 is 16.4 Å². The maximum atomic E-state index is 14.6. The van der Waals surface area contributed by atoms with Gasteiger partial charge in [-0.25, -0.2) is 43.9 Å². The number of hydrogen-bond donors (Lipinski definition) is 0. The van der Waals surface area contributed by atoms with Crippen LogP contribution in [0.3, 0.4) is 0 Å². The first kappa shape index (κ1) is 24.7. The molecule has 0 bridgehead atoms. The molecule has 1 atom stereocenters. The van der Waals surface area contributed by atoms with Crippen LogP contribution in [-0.2, 0) is 0 Å². The molecule has 0 radical (unpaired) electrons. The predicted octanol–water partition coefficient (Wildman–Crippen LogP) is 5.11. The average Bonchev–Trinajstić information content (AvgIpc) is 2.82. The molecule has 0 fully saturated rings. The molecule has 33 heavy (non-hydrogen) atoms. The predicted molar refractivity (Wildman–Crippen MR) is 102 cm³/mol. The lowest BCUT2D eigenvalue weighted by Crippen LogP contribution is -2.58. The Balaban J connectivity index is 2.44. The molecule has 3 aromatic rings. The van der Waals surface area contributed by atoms with Crippen LogP contribution in [0, 0.1) is 58.2 Å². The van der Waals surface area contributed by atoms with Crippen molar-refractivity contribution in [1.29, 1.82) is 0 Å². The zero-order valence-corrected chi connectivity index (χ0v) is 17.0. The zero-order valence-electron chi connectivity index (χ0n) is 17.0. The minimum Gasteiger partial charge on any atom is -0.204 e. The summed E-state index contributed by atoms with van der Waals surface area (Å²) in [5.74, 6) is -24.7. The molecular formula is C22H13BF10. The molecule has 3 aromatic carbocycles. The molecular weight excluding hydrogens is 465 g/mol. The van der Waals surface area contributed by atoms with E-state index in [1.54, 1.807) is 6.92 Å². The zero-order chi connectivity index (χ0) is 24.8. The summed E-state index contributed by atoms with van der Waals surface area (Å²) in [4.78, 5) is 0. The highest BCUT2D eigenvalue weighted by Crippen LogP contribution is 2.22. The Hall–Kier alpha value is -2.98. The van der Waals surface area contributed by atoms with Crippen LogP contribution >= 0.6 is 0 Å². The van der Waals surface area contributed by atoms with Crippen LogP contribution in [0.5, 0.6) is 0 Å². The van der Waals surface area contributed by atoms with E-state index in [2.05, 4.69) is 0 Å². The van der Waals surface area contributed by atoms with Crippen molar-refractivity contribution < 1.29 is 43.9 Å². The van der Waals surface area contributed by atoms with Crippen LogP contribution in [0.1, 0.15) is 31.7 Å². The normalized spacial score (nSPS) is 12.2. The number of hydrogen-bond acceptors (Lipinski definition) is 0. The molecule has 0 aliphatic rings. The van der Waals surface area contributed by atoms with E-state index >= 15 is 0 Å². The summed E-state index contributed by atoms with van der Waals surface area (Å²) in [5.41, 5.74) is -3.33. The number of benzene rings is 3. The van der Waals surface area contributed by atoms with E-state index in [1.165, 1.54) is 12.1 Å². The van der Waals surface area contributed by atoms with Gasteiger partial charge in [0.2, 0.25) is 0 Å². The monoisotopic (exact) mass is 478 g/mol. The van der Waals surface area contributed by atoms with Gasteiger partial charge in [0, 0.05) is 10.9 Å². The summed E-state index contributed by atoms with van der Waals surface area (Å²) in [6.07, 6.45) is 0.651. The van der Waals surface area contributed by atoms with Gasteiger partial charge in [0.1, 0.15) is 0 Å². The lowest BCUT2D eigenvalue weighted by molar-refractivity contribution is 0.382. The van der Waals surface area contributed by atoms with Gasteiger partial charge in [-0.1, -0.05) is 43.6 Å². The molecule has 0 aliphatic heterocycles. The third kappa shape index (κ3) is 3.98. The van der Waals surface area contributed by atoms with Gasteiger partial charge in [-0.3, -0.25) is 0 Å². The molecule has 0 N–H and O–H groups in total. The largest absolute Gasteiger partial charge is 0.257 e. The highest BCUT2D eigenvalue weighted by molar-refractivity contribution is 6.95. The van der Waals surface area contributed by atoms with E-state index in [1.807, 2.05) is 6.92 Å². The van der Waals surface area contributed by atoms with Gasteiger partial charge in [-0.05, 0) is 17.9 Å². The van der Waals surface area contributed by atoms with Gasteiger partial charge in [0.25, 0.3) is 6.71 Å². The fourth-order valence-electron chi connectivity index (χ4n) is 3.48. The van der Waals surface area contributed by atoms with Crippen LogP contribution in [0.4, 0.5) is 43.9 Å². The molecule has 0 spiro atoms. The Morgan fingerprint density at radius 3 is 1.15 bits per heavy atom. The van der Waals surface area contributed by atoms with Gasteiger partial charge in [0.15, 0.2) is 58.2 Å². The summed E-state index contributed by atoms with van der Waals surface area (Å²) in [7, 11) is 0. The lowest BCUT2D eigenvalue weighted by Gasteiger charge is -2.20. The van der Waals surface area contributed by atoms with E-state index in [4.69, 9.17) is 0 Å². The quantitative estimate of drug-likeness (QED) is 0.207. The van der Waals surface area contributed by atoms with Crippen molar-refractivity contribution in [3.8, 4) is 0 Å². The highest BCUT2D eigenvalue weighted by Gasteiger charge is 2.40. The maximum Gasteiger partial charge on any atom is 0.257 e. The van der Waals surface area contributed by atoms with E-state index in [-0.39, 0.29) is 5.92 Å². The van der Waals surface area contributed by atoms with Crippen molar-refractivity contribution in [1.82, 2.24) is 0 Å². The van der Waals surface area contributed by atoms with Crippen molar-refractivity contribution in [2.24, 2.45) is 0 Å².